The zero-order valence-electron chi connectivity index (χ0n) is 13.3. The Bertz CT molecular complexity index is 506. The maximum Gasteiger partial charge on any atom is 0.242 e. The zero-order valence-corrected chi connectivity index (χ0v) is 13.3. The van der Waals surface area contributed by atoms with Crippen LogP contribution in [0, 0.1) is 0 Å². The number of carbonyl (C=O) groups excluding carboxylic acids is 2. The van der Waals surface area contributed by atoms with Gasteiger partial charge in [0.2, 0.25) is 11.8 Å². The first kappa shape index (κ1) is 16.4. The van der Waals surface area contributed by atoms with Crippen molar-refractivity contribution in [1.29, 1.82) is 0 Å². The number of rotatable bonds is 6. The maximum absolute atomic E-state index is 12.3. The largest absolute Gasteiger partial charge is 0.340 e. The van der Waals surface area contributed by atoms with Crippen molar-refractivity contribution in [2.24, 2.45) is 0 Å². The van der Waals surface area contributed by atoms with E-state index in [1.165, 1.54) is 0 Å². The Kier molecular flexibility index (Phi) is 5.89. The first-order valence-corrected chi connectivity index (χ1v) is 7.85. The maximum atomic E-state index is 12.3. The fourth-order valence-electron chi connectivity index (χ4n) is 2.48. The summed E-state index contributed by atoms with van der Waals surface area (Å²) in [4.78, 5) is 32.3. The summed E-state index contributed by atoms with van der Waals surface area (Å²) in [5.74, 6) is 0.512. The molecular weight excluding hydrogens is 280 g/mol. The van der Waals surface area contributed by atoms with Crippen molar-refractivity contribution in [3.63, 3.8) is 0 Å². The minimum absolute atomic E-state index is 0.109. The molecule has 120 valence electrons. The van der Waals surface area contributed by atoms with Crippen molar-refractivity contribution in [2.75, 3.05) is 31.5 Å². The molecule has 0 bridgehead atoms. The van der Waals surface area contributed by atoms with E-state index in [1.54, 1.807) is 18.3 Å². The highest BCUT2D eigenvalue weighted by Gasteiger charge is 2.29. The van der Waals surface area contributed by atoms with Gasteiger partial charge in [0.15, 0.2) is 0 Å². The molecule has 1 N–H and O–H groups in total. The van der Waals surface area contributed by atoms with Gasteiger partial charge in [-0.15, -0.1) is 0 Å². The predicted octanol–water partition coefficient (Wildman–Crippen LogP) is 1.35. The second kappa shape index (κ2) is 7.89. The average Bonchev–Trinajstić information content (AvgIpc) is 2.54. The number of pyridine rings is 1. The molecular formula is C16H24N4O2. The molecule has 1 aliphatic heterocycles. The summed E-state index contributed by atoms with van der Waals surface area (Å²) in [6, 6.07) is 5.02. The molecule has 0 spiro atoms. The van der Waals surface area contributed by atoms with E-state index in [2.05, 4.69) is 17.2 Å². The third-order valence-corrected chi connectivity index (χ3v) is 3.97. The number of carbonyl (C=O) groups is 2. The van der Waals surface area contributed by atoms with Gasteiger partial charge in [0.25, 0.3) is 0 Å². The summed E-state index contributed by atoms with van der Waals surface area (Å²) in [6.45, 7) is 6.49. The molecule has 0 saturated carbocycles. The summed E-state index contributed by atoms with van der Waals surface area (Å²) < 4.78 is 0. The highest BCUT2D eigenvalue weighted by molar-refractivity contribution is 5.94. The van der Waals surface area contributed by atoms with E-state index in [-0.39, 0.29) is 17.9 Å². The van der Waals surface area contributed by atoms with E-state index < -0.39 is 0 Å². The van der Waals surface area contributed by atoms with Gasteiger partial charge in [-0.1, -0.05) is 19.4 Å². The summed E-state index contributed by atoms with van der Waals surface area (Å²) in [5, 5.41) is 2.78. The molecule has 0 unspecified atom stereocenters. The molecule has 2 amide bonds. The lowest BCUT2D eigenvalue weighted by molar-refractivity contribution is -0.138. The van der Waals surface area contributed by atoms with Gasteiger partial charge in [-0.2, -0.15) is 0 Å². The van der Waals surface area contributed by atoms with Crippen molar-refractivity contribution >= 4 is 17.6 Å². The number of hydrogen-bond donors (Lipinski definition) is 1. The smallest absolute Gasteiger partial charge is 0.242 e. The van der Waals surface area contributed by atoms with Gasteiger partial charge in [-0.3, -0.25) is 14.5 Å². The van der Waals surface area contributed by atoms with Gasteiger partial charge >= 0.3 is 0 Å². The molecule has 1 aromatic heterocycles. The molecule has 22 heavy (non-hydrogen) atoms. The molecule has 0 aromatic carbocycles. The Balaban J connectivity index is 1.87. The predicted molar refractivity (Wildman–Crippen MR) is 85.4 cm³/mol. The summed E-state index contributed by atoms with van der Waals surface area (Å²) in [5.41, 5.74) is 0. The third kappa shape index (κ3) is 4.27. The lowest BCUT2D eigenvalue weighted by Crippen LogP contribution is -2.55. The average molecular weight is 304 g/mol. The van der Waals surface area contributed by atoms with Crippen molar-refractivity contribution < 1.29 is 9.59 Å². The number of aromatic nitrogens is 1. The van der Waals surface area contributed by atoms with Gasteiger partial charge in [-0.25, -0.2) is 4.98 Å². The Hall–Kier alpha value is -1.95. The van der Waals surface area contributed by atoms with Crippen molar-refractivity contribution in [2.45, 2.75) is 32.7 Å². The molecule has 0 radical (unpaired) electrons. The topological polar surface area (TPSA) is 65.5 Å². The minimum Gasteiger partial charge on any atom is -0.340 e. The van der Waals surface area contributed by atoms with Gasteiger partial charge in [0.05, 0.1) is 12.6 Å². The van der Waals surface area contributed by atoms with Crippen LogP contribution in [0.25, 0.3) is 0 Å². The first-order chi connectivity index (χ1) is 10.6. The Morgan fingerprint density at radius 3 is 2.86 bits per heavy atom. The Morgan fingerprint density at radius 2 is 2.23 bits per heavy atom. The van der Waals surface area contributed by atoms with Crippen LogP contribution >= 0.6 is 0 Å². The molecule has 6 nitrogen and oxygen atoms in total. The molecule has 1 aliphatic rings. The SMILES string of the molecule is CCCCN1CCN([C@H](C)C(=O)Nc2ccccn2)CC1=O. The molecule has 1 aromatic rings. The third-order valence-electron chi connectivity index (χ3n) is 3.97. The van der Waals surface area contributed by atoms with Crippen LogP contribution in [0.3, 0.4) is 0 Å². The Morgan fingerprint density at radius 1 is 1.41 bits per heavy atom. The number of unbranched alkanes of at least 4 members (excludes halogenated alkanes) is 1. The first-order valence-electron chi connectivity index (χ1n) is 7.85. The zero-order chi connectivity index (χ0) is 15.9. The summed E-state index contributed by atoms with van der Waals surface area (Å²) in [6.07, 6.45) is 3.74. The number of hydrogen-bond acceptors (Lipinski definition) is 4. The second-order valence-corrected chi connectivity index (χ2v) is 5.59. The quantitative estimate of drug-likeness (QED) is 0.861. The lowest BCUT2D eigenvalue weighted by Gasteiger charge is -2.36. The van der Waals surface area contributed by atoms with Gasteiger partial charge in [0, 0.05) is 25.8 Å². The minimum atomic E-state index is -0.348. The van der Waals surface area contributed by atoms with Crippen LogP contribution in [0.15, 0.2) is 24.4 Å². The molecule has 1 fully saturated rings. The van der Waals surface area contributed by atoms with Crippen LogP contribution in [-0.2, 0) is 9.59 Å². The molecule has 1 atom stereocenters. The molecule has 1 saturated heterocycles. The lowest BCUT2D eigenvalue weighted by atomic mass is 10.2. The van der Waals surface area contributed by atoms with Crippen LogP contribution in [0.1, 0.15) is 26.7 Å². The van der Waals surface area contributed by atoms with Crippen LogP contribution in [-0.4, -0.2) is 58.8 Å². The highest BCUT2D eigenvalue weighted by Crippen LogP contribution is 2.10. The molecule has 6 heteroatoms. The van der Waals surface area contributed by atoms with E-state index >= 15 is 0 Å². The van der Waals surface area contributed by atoms with E-state index in [1.807, 2.05) is 22.8 Å². The highest BCUT2D eigenvalue weighted by atomic mass is 16.2. The molecule has 0 aliphatic carbocycles. The summed E-state index contributed by atoms with van der Waals surface area (Å²) >= 11 is 0. The van der Waals surface area contributed by atoms with Crippen molar-refractivity contribution in [1.82, 2.24) is 14.8 Å². The van der Waals surface area contributed by atoms with E-state index in [4.69, 9.17) is 0 Å². The molecule has 2 heterocycles. The van der Waals surface area contributed by atoms with Crippen LogP contribution in [0.5, 0.6) is 0 Å². The van der Waals surface area contributed by atoms with Crippen molar-refractivity contribution in [3.05, 3.63) is 24.4 Å². The standard InChI is InChI=1S/C16H24N4O2/c1-3-4-9-19-10-11-20(12-15(19)21)13(2)16(22)18-14-7-5-6-8-17-14/h5-8,13H,3-4,9-12H2,1-2H3,(H,17,18,22)/t13-/m1/s1. The van der Waals surface area contributed by atoms with E-state index in [9.17, 15) is 9.59 Å². The van der Waals surface area contributed by atoms with Crippen LogP contribution in [0.4, 0.5) is 5.82 Å². The number of nitrogens with zero attached hydrogens (tertiary/aromatic N) is 3. The van der Waals surface area contributed by atoms with E-state index in [0.717, 1.165) is 25.9 Å². The number of amides is 2. The van der Waals surface area contributed by atoms with Crippen LogP contribution < -0.4 is 5.32 Å². The number of nitrogens with one attached hydrogen (secondary N) is 1. The van der Waals surface area contributed by atoms with Gasteiger partial charge in [0.1, 0.15) is 5.82 Å². The van der Waals surface area contributed by atoms with Crippen LogP contribution in [0.2, 0.25) is 0 Å². The fraction of sp³-hybridized carbons (Fsp3) is 0.562. The number of piperazine rings is 1. The van der Waals surface area contributed by atoms with E-state index in [0.29, 0.717) is 18.9 Å². The fourth-order valence-corrected chi connectivity index (χ4v) is 2.48. The van der Waals surface area contributed by atoms with Gasteiger partial charge in [-0.05, 0) is 25.5 Å². The monoisotopic (exact) mass is 304 g/mol. The normalized spacial score (nSPS) is 17.4. The second-order valence-electron chi connectivity index (χ2n) is 5.59. The van der Waals surface area contributed by atoms with Gasteiger partial charge < -0.3 is 10.2 Å². The van der Waals surface area contributed by atoms with Crippen molar-refractivity contribution in [3.8, 4) is 0 Å². The Labute approximate surface area is 131 Å². The molecule has 2 rings (SSSR count). The number of anilines is 1. The summed E-state index contributed by atoms with van der Waals surface area (Å²) in [7, 11) is 0.